The van der Waals surface area contributed by atoms with Gasteiger partial charge in [-0.05, 0) is 54.5 Å². The molecule has 0 radical (unpaired) electrons. The molecule has 5 nitrogen and oxygen atoms in total. The highest BCUT2D eigenvalue weighted by Gasteiger charge is 2.37. The number of carbonyl (C=O) groups excluding carboxylic acids is 1. The second-order valence-corrected chi connectivity index (χ2v) is 8.12. The van der Waals surface area contributed by atoms with Crippen LogP contribution in [0.3, 0.4) is 0 Å². The normalized spacial score (nSPS) is 24.0. The van der Waals surface area contributed by atoms with Crippen LogP contribution in [-0.2, 0) is 11.2 Å². The largest absolute Gasteiger partial charge is 0.493 e. The van der Waals surface area contributed by atoms with E-state index in [0.717, 1.165) is 49.0 Å². The van der Waals surface area contributed by atoms with E-state index >= 15 is 0 Å². The van der Waals surface area contributed by atoms with E-state index < -0.39 is 0 Å². The molecule has 1 fully saturated rings. The third-order valence-corrected chi connectivity index (χ3v) is 6.34. The Labute approximate surface area is 172 Å². The van der Waals surface area contributed by atoms with Gasteiger partial charge in [-0.1, -0.05) is 36.8 Å². The van der Waals surface area contributed by atoms with Crippen molar-refractivity contribution in [2.45, 2.75) is 44.2 Å². The molecule has 1 amide bonds. The number of carbonyl (C=O) groups is 1. The lowest BCUT2D eigenvalue weighted by molar-refractivity contribution is -0.138. The average molecular weight is 395 g/mol. The van der Waals surface area contributed by atoms with E-state index in [1.807, 2.05) is 24.3 Å². The summed E-state index contributed by atoms with van der Waals surface area (Å²) in [4.78, 5) is 15.6. The van der Waals surface area contributed by atoms with Crippen molar-refractivity contribution in [1.82, 2.24) is 4.90 Å². The zero-order chi connectivity index (χ0) is 20.4. The van der Waals surface area contributed by atoms with Gasteiger partial charge in [-0.2, -0.15) is 0 Å². The van der Waals surface area contributed by atoms with Crippen LogP contribution in [0.2, 0.25) is 0 Å². The molecule has 2 aliphatic rings. The van der Waals surface area contributed by atoms with Gasteiger partial charge in [-0.15, -0.1) is 0 Å². The summed E-state index contributed by atoms with van der Waals surface area (Å²) >= 11 is 0. The molecule has 0 bridgehead atoms. The summed E-state index contributed by atoms with van der Waals surface area (Å²) < 4.78 is 11.1. The van der Waals surface area contributed by atoms with Crippen LogP contribution in [0.4, 0.5) is 0 Å². The average Bonchev–Trinajstić information content (AvgIpc) is 2.77. The number of amides is 1. The molecule has 2 N–H and O–H groups in total. The minimum Gasteiger partial charge on any atom is -0.493 e. The lowest BCUT2D eigenvalue weighted by Crippen LogP contribution is -2.45. The molecule has 0 spiro atoms. The first-order chi connectivity index (χ1) is 14.1. The lowest BCUT2D eigenvalue weighted by Gasteiger charge is -2.41. The smallest absolute Gasteiger partial charge is 0.226 e. The van der Waals surface area contributed by atoms with E-state index in [-0.39, 0.29) is 23.9 Å². The molecule has 3 atom stereocenters. The van der Waals surface area contributed by atoms with E-state index in [0.29, 0.717) is 12.3 Å². The summed E-state index contributed by atoms with van der Waals surface area (Å²) in [6.07, 6.45) is 4.58. The Bertz CT molecular complexity index is 868. The minimum absolute atomic E-state index is 0.0201. The summed E-state index contributed by atoms with van der Waals surface area (Å²) in [5, 5.41) is 0. The molecule has 3 unspecified atom stereocenters. The second kappa shape index (κ2) is 8.46. The number of methoxy groups -OCH3 is 2. The molecule has 0 saturated heterocycles. The highest BCUT2D eigenvalue weighted by atomic mass is 16.5. The van der Waals surface area contributed by atoms with E-state index in [2.05, 4.69) is 23.1 Å². The van der Waals surface area contributed by atoms with Crippen molar-refractivity contribution in [3.05, 3.63) is 59.2 Å². The van der Waals surface area contributed by atoms with Crippen LogP contribution in [-0.4, -0.2) is 37.6 Å². The molecular weight excluding hydrogens is 364 g/mol. The van der Waals surface area contributed by atoms with Crippen molar-refractivity contribution in [1.29, 1.82) is 0 Å². The zero-order valence-electron chi connectivity index (χ0n) is 17.3. The van der Waals surface area contributed by atoms with Crippen molar-refractivity contribution in [3.8, 4) is 11.5 Å². The van der Waals surface area contributed by atoms with Crippen LogP contribution in [0.15, 0.2) is 42.5 Å². The Hall–Kier alpha value is -2.53. The van der Waals surface area contributed by atoms with Crippen LogP contribution in [0.1, 0.15) is 48.4 Å². The zero-order valence-corrected chi connectivity index (χ0v) is 17.3. The lowest BCUT2D eigenvalue weighted by atomic mass is 9.82. The fourth-order valence-electron chi connectivity index (χ4n) is 4.86. The maximum absolute atomic E-state index is 13.6. The molecule has 29 heavy (non-hydrogen) atoms. The highest BCUT2D eigenvalue weighted by Crippen LogP contribution is 2.42. The van der Waals surface area contributed by atoms with Gasteiger partial charge in [0.15, 0.2) is 11.5 Å². The van der Waals surface area contributed by atoms with Crippen molar-refractivity contribution in [2.75, 3.05) is 20.8 Å². The molecule has 1 heterocycles. The SMILES string of the molecule is COc1cc2c(cc1OC)C(c1ccccc1)N(C(=O)C1CCCC(N)C1)CC2. The van der Waals surface area contributed by atoms with E-state index in [9.17, 15) is 4.79 Å². The quantitative estimate of drug-likeness (QED) is 0.859. The van der Waals surface area contributed by atoms with Crippen molar-refractivity contribution in [3.63, 3.8) is 0 Å². The Morgan fingerprint density at radius 2 is 1.79 bits per heavy atom. The fourth-order valence-corrected chi connectivity index (χ4v) is 4.86. The number of nitrogens with zero attached hydrogens (tertiary/aromatic N) is 1. The first-order valence-electron chi connectivity index (χ1n) is 10.5. The molecular formula is C24H30N2O3. The van der Waals surface area contributed by atoms with Crippen molar-refractivity contribution in [2.24, 2.45) is 11.7 Å². The van der Waals surface area contributed by atoms with Gasteiger partial charge in [0.1, 0.15) is 0 Å². The molecule has 2 aromatic rings. The predicted molar refractivity (Wildman–Crippen MR) is 113 cm³/mol. The molecule has 0 aromatic heterocycles. The molecule has 4 rings (SSSR count). The van der Waals surface area contributed by atoms with Crippen molar-refractivity contribution < 1.29 is 14.3 Å². The van der Waals surface area contributed by atoms with Gasteiger partial charge in [-0.25, -0.2) is 0 Å². The molecule has 5 heteroatoms. The van der Waals surface area contributed by atoms with E-state index in [1.165, 1.54) is 5.56 Å². The second-order valence-electron chi connectivity index (χ2n) is 8.12. The summed E-state index contributed by atoms with van der Waals surface area (Å²) in [7, 11) is 3.31. The molecule has 1 saturated carbocycles. The molecule has 1 aliphatic heterocycles. The number of hydrogen-bond acceptors (Lipinski definition) is 4. The number of hydrogen-bond donors (Lipinski definition) is 1. The summed E-state index contributed by atoms with van der Waals surface area (Å²) in [6, 6.07) is 14.4. The van der Waals surface area contributed by atoms with Crippen LogP contribution in [0.25, 0.3) is 0 Å². The first-order valence-corrected chi connectivity index (χ1v) is 10.5. The maximum atomic E-state index is 13.6. The van der Waals surface area contributed by atoms with Gasteiger partial charge in [0, 0.05) is 18.5 Å². The minimum atomic E-state index is -0.120. The highest BCUT2D eigenvalue weighted by molar-refractivity contribution is 5.80. The Morgan fingerprint density at radius 3 is 2.48 bits per heavy atom. The topological polar surface area (TPSA) is 64.8 Å². The summed E-state index contributed by atoms with van der Waals surface area (Å²) in [5.41, 5.74) is 9.63. The molecule has 1 aliphatic carbocycles. The van der Waals surface area contributed by atoms with Gasteiger partial charge >= 0.3 is 0 Å². The number of fused-ring (bicyclic) bond motifs is 1. The Balaban J connectivity index is 1.76. The molecule has 2 aromatic carbocycles. The maximum Gasteiger partial charge on any atom is 0.226 e. The molecule has 154 valence electrons. The van der Waals surface area contributed by atoms with E-state index in [1.54, 1.807) is 14.2 Å². The van der Waals surface area contributed by atoms with Crippen LogP contribution in [0.5, 0.6) is 11.5 Å². The predicted octanol–water partition coefficient (Wildman–Crippen LogP) is 3.70. The van der Waals surface area contributed by atoms with Crippen LogP contribution in [0, 0.1) is 5.92 Å². The van der Waals surface area contributed by atoms with Crippen LogP contribution < -0.4 is 15.2 Å². The first kappa shape index (κ1) is 19.8. The van der Waals surface area contributed by atoms with Gasteiger partial charge in [0.25, 0.3) is 0 Å². The number of rotatable bonds is 4. The summed E-state index contributed by atoms with van der Waals surface area (Å²) in [6.45, 7) is 0.701. The third-order valence-electron chi connectivity index (χ3n) is 6.34. The fraction of sp³-hybridized carbons (Fsp3) is 0.458. The Morgan fingerprint density at radius 1 is 1.07 bits per heavy atom. The number of nitrogens with two attached hydrogens (primary N) is 1. The van der Waals surface area contributed by atoms with Gasteiger partial charge in [0.2, 0.25) is 5.91 Å². The summed E-state index contributed by atoms with van der Waals surface area (Å²) in [5.74, 6) is 1.68. The monoisotopic (exact) mass is 394 g/mol. The standard InChI is InChI=1S/C24H30N2O3/c1-28-21-14-17-11-12-26(24(27)18-9-6-10-19(25)13-18)23(16-7-4-3-5-8-16)20(17)15-22(21)29-2/h3-5,7-8,14-15,18-19,23H,6,9-13,25H2,1-2H3. The number of benzene rings is 2. The Kier molecular flexibility index (Phi) is 5.76. The third kappa shape index (κ3) is 3.84. The van der Waals surface area contributed by atoms with Gasteiger partial charge in [0.05, 0.1) is 20.3 Å². The van der Waals surface area contributed by atoms with Crippen molar-refractivity contribution >= 4 is 5.91 Å². The van der Waals surface area contributed by atoms with Gasteiger partial charge < -0.3 is 20.1 Å². The van der Waals surface area contributed by atoms with Gasteiger partial charge in [-0.3, -0.25) is 4.79 Å². The van der Waals surface area contributed by atoms with E-state index in [4.69, 9.17) is 15.2 Å². The van der Waals surface area contributed by atoms with Crippen LogP contribution >= 0.6 is 0 Å². The number of ether oxygens (including phenoxy) is 2.